The van der Waals surface area contributed by atoms with Crippen LogP contribution >= 0.6 is 0 Å². The van der Waals surface area contributed by atoms with Gasteiger partial charge >= 0.3 is 0 Å². The first-order valence-electron chi connectivity index (χ1n) is 6.84. The molecule has 6 heteroatoms. The Morgan fingerprint density at radius 1 is 1.43 bits per heavy atom. The van der Waals surface area contributed by atoms with Crippen LogP contribution in [0.15, 0.2) is 17.8 Å². The summed E-state index contributed by atoms with van der Waals surface area (Å²) in [6.07, 6.45) is 1.96. The van der Waals surface area contributed by atoms with Crippen molar-refractivity contribution < 1.29 is 19.1 Å². The minimum absolute atomic E-state index is 0.170. The van der Waals surface area contributed by atoms with Crippen LogP contribution < -0.4 is 14.2 Å². The Kier molecular flexibility index (Phi) is 4.67. The predicted octanol–water partition coefficient (Wildman–Crippen LogP) is 3.13. The van der Waals surface area contributed by atoms with Crippen molar-refractivity contribution in [2.75, 3.05) is 20.3 Å². The lowest BCUT2D eigenvalue weighted by atomic mass is 10.1. The molecule has 2 rings (SSSR count). The molecule has 0 N–H and O–H groups in total. The zero-order chi connectivity index (χ0) is 15.4. The Morgan fingerprint density at radius 3 is 2.76 bits per heavy atom. The first kappa shape index (κ1) is 15.2. The molecule has 0 spiro atoms. The van der Waals surface area contributed by atoms with Gasteiger partial charge in [-0.3, -0.25) is 10.1 Å². The lowest BCUT2D eigenvalue weighted by molar-refractivity contribution is -0.427. The number of nitro groups is 1. The topological polar surface area (TPSA) is 70.8 Å². The number of ether oxygens (including phenoxy) is 3. The minimum atomic E-state index is -0.344. The molecule has 1 aromatic carbocycles. The molecule has 1 aliphatic heterocycles. The third-order valence-electron chi connectivity index (χ3n) is 3.04. The summed E-state index contributed by atoms with van der Waals surface area (Å²) in [6.45, 7) is 4.81. The van der Waals surface area contributed by atoms with E-state index in [1.54, 1.807) is 18.2 Å². The normalized spacial score (nSPS) is 14.2. The smallest absolute Gasteiger partial charge is 0.247 e. The fourth-order valence-corrected chi connectivity index (χ4v) is 2.17. The van der Waals surface area contributed by atoms with Gasteiger partial charge in [-0.05, 0) is 23.6 Å². The molecule has 1 aromatic rings. The molecule has 0 saturated carbocycles. The van der Waals surface area contributed by atoms with Crippen LogP contribution in [0.2, 0.25) is 0 Å². The van der Waals surface area contributed by atoms with Gasteiger partial charge in [0, 0.05) is 12.5 Å². The molecule has 0 saturated heterocycles. The predicted molar refractivity (Wildman–Crippen MR) is 78.4 cm³/mol. The summed E-state index contributed by atoms with van der Waals surface area (Å²) in [7, 11) is 1.53. The molecule has 0 bridgehead atoms. The maximum absolute atomic E-state index is 11.1. The summed E-state index contributed by atoms with van der Waals surface area (Å²) in [5.41, 5.74) is 0.840. The fourth-order valence-electron chi connectivity index (χ4n) is 2.17. The molecule has 0 unspecified atom stereocenters. The zero-order valence-electron chi connectivity index (χ0n) is 12.4. The number of fused-ring (bicyclic) bond motifs is 1. The van der Waals surface area contributed by atoms with Gasteiger partial charge in [0.05, 0.1) is 12.0 Å². The van der Waals surface area contributed by atoms with Crippen molar-refractivity contribution in [1.29, 1.82) is 0 Å². The molecular formula is C15H19NO5. The Bertz CT molecular complexity index is 548. The van der Waals surface area contributed by atoms with Gasteiger partial charge in [-0.1, -0.05) is 13.8 Å². The van der Waals surface area contributed by atoms with E-state index >= 15 is 0 Å². The van der Waals surface area contributed by atoms with Crippen molar-refractivity contribution >= 4 is 6.08 Å². The zero-order valence-corrected chi connectivity index (χ0v) is 12.4. The summed E-state index contributed by atoms with van der Waals surface area (Å²) < 4.78 is 16.3. The molecule has 0 amide bonds. The van der Waals surface area contributed by atoms with E-state index in [0.29, 0.717) is 42.4 Å². The van der Waals surface area contributed by atoms with E-state index in [2.05, 4.69) is 0 Å². The van der Waals surface area contributed by atoms with E-state index in [4.69, 9.17) is 14.2 Å². The van der Waals surface area contributed by atoms with Crippen LogP contribution in [-0.4, -0.2) is 25.2 Å². The van der Waals surface area contributed by atoms with Gasteiger partial charge in [0.2, 0.25) is 11.4 Å². The molecule has 21 heavy (non-hydrogen) atoms. The highest BCUT2D eigenvalue weighted by molar-refractivity contribution is 5.63. The van der Waals surface area contributed by atoms with Gasteiger partial charge in [-0.15, -0.1) is 0 Å². The quantitative estimate of drug-likeness (QED) is 0.616. The number of hydrogen-bond acceptors (Lipinski definition) is 5. The van der Waals surface area contributed by atoms with Crippen molar-refractivity contribution in [2.45, 2.75) is 20.3 Å². The van der Waals surface area contributed by atoms with Crippen molar-refractivity contribution in [2.24, 2.45) is 5.92 Å². The number of hydrogen-bond donors (Lipinski definition) is 0. The Hall–Kier alpha value is -2.24. The van der Waals surface area contributed by atoms with Crippen molar-refractivity contribution in [3.05, 3.63) is 33.5 Å². The van der Waals surface area contributed by atoms with Crippen molar-refractivity contribution in [3.63, 3.8) is 0 Å². The van der Waals surface area contributed by atoms with Crippen molar-refractivity contribution in [3.8, 4) is 17.2 Å². The van der Waals surface area contributed by atoms with E-state index in [1.165, 1.54) is 7.11 Å². The summed E-state index contributed by atoms with van der Waals surface area (Å²) >= 11 is 0. The second-order valence-electron chi connectivity index (χ2n) is 5.24. The highest BCUT2D eigenvalue weighted by Crippen LogP contribution is 2.40. The molecular weight excluding hydrogens is 274 g/mol. The fraction of sp³-hybridized carbons (Fsp3) is 0.467. The van der Waals surface area contributed by atoms with Gasteiger partial charge in [-0.25, -0.2) is 0 Å². The van der Waals surface area contributed by atoms with Gasteiger partial charge in [-0.2, -0.15) is 0 Å². The Morgan fingerprint density at radius 2 is 2.14 bits per heavy atom. The number of rotatable bonds is 5. The second kappa shape index (κ2) is 6.47. The summed E-state index contributed by atoms with van der Waals surface area (Å²) in [5.74, 6) is 1.83. The molecule has 1 aliphatic rings. The monoisotopic (exact) mass is 293 g/mol. The van der Waals surface area contributed by atoms with Crippen LogP contribution in [0, 0.1) is 16.0 Å². The van der Waals surface area contributed by atoms with Crippen LogP contribution in [0.1, 0.15) is 25.8 Å². The van der Waals surface area contributed by atoms with E-state index < -0.39 is 0 Å². The molecule has 114 valence electrons. The molecule has 1 heterocycles. The van der Waals surface area contributed by atoms with E-state index in [-0.39, 0.29) is 16.5 Å². The highest BCUT2D eigenvalue weighted by Gasteiger charge is 2.19. The first-order valence-corrected chi connectivity index (χ1v) is 6.84. The minimum Gasteiger partial charge on any atom is -0.493 e. The lowest BCUT2D eigenvalue weighted by Crippen LogP contribution is -2.16. The van der Waals surface area contributed by atoms with Crippen LogP contribution in [0.4, 0.5) is 0 Å². The molecule has 0 fully saturated rings. The van der Waals surface area contributed by atoms with Gasteiger partial charge < -0.3 is 14.2 Å². The third kappa shape index (κ3) is 3.65. The largest absolute Gasteiger partial charge is 0.493 e. The molecule has 0 radical (unpaired) electrons. The Balaban J connectivity index is 2.41. The molecule has 0 atom stereocenters. The standard InChI is InChI=1S/C15H19NO5/c1-10(2)6-12(16(17)18)7-11-8-13(19-3)15-14(9-11)20-4-5-21-15/h7-10H,4-6H2,1-3H3. The van der Waals surface area contributed by atoms with Gasteiger partial charge in [0.25, 0.3) is 0 Å². The maximum Gasteiger partial charge on any atom is 0.247 e. The van der Waals surface area contributed by atoms with Crippen LogP contribution in [-0.2, 0) is 0 Å². The average molecular weight is 293 g/mol. The first-order chi connectivity index (χ1) is 10.0. The van der Waals surface area contributed by atoms with Gasteiger partial charge in [0.1, 0.15) is 13.2 Å². The number of benzene rings is 1. The summed E-state index contributed by atoms with van der Waals surface area (Å²) in [6, 6.07) is 3.46. The van der Waals surface area contributed by atoms with Crippen LogP contribution in [0.25, 0.3) is 6.08 Å². The van der Waals surface area contributed by atoms with Crippen LogP contribution in [0.5, 0.6) is 17.2 Å². The summed E-state index contributed by atoms with van der Waals surface area (Å²) in [5, 5.41) is 11.1. The third-order valence-corrected chi connectivity index (χ3v) is 3.04. The number of nitrogens with zero attached hydrogens (tertiary/aromatic N) is 1. The van der Waals surface area contributed by atoms with Crippen molar-refractivity contribution in [1.82, 2.24) is 0 Å². The number of methoxy groups -OCH3 is 1. The molecule has 6 nitrogen and oxygen atoms in total. The second-order valence-corrected chi connectivity index (χ2v) is 5.24. The van der Waals surface area contributed by atoms with E-state index in [9.17, 15) is 10.1 Å². The number of allylic oxidation sites excluding steroid dienone is 1. The highest BCUT2D eigenvalue weighted by atomic mass is 16.6. The SMILES string of the molecule is COc1cc(C=C(CC(C)C)[N+](=O)[O-])cc2c1OCCO2. The van der Waals surface area contributed by atoms with E-state index in [0.717, 1.165) is 0 Å². The summed E-state index contributed by atoms with van der Waals surface area (Å²) in [4.78, 5) is 10.8. The maximum atomic E-state index is 11.1. The van der Waals surface area contributed by atoms with E-state index in [1.807, 2.05) is 13.8 Å². The lowest BCUT2D eigenvalue weighted by Gasteiger charge is -2.20. The average Bonchev–Trinajstić information content (AvgIpc) is 2.45. The van der Waals surface area contributed by atoms with Gasteiger partial charge in [0.15, 0.2) is 11.5 Å². The molecule has 0 aromatic heterocycles. The Labute approximate surface area is 123 Å². The van der Waals surface area contributed by atoms with Crippen LogP contribution in [0.3, 0.4) is 0 Å². The molecule has 0 aliphatic carbocycles.